The quantitative estimate of drug-likeness (QED) is 0.834. The lowest BCUT2D eigenvalue weighted by atomic mass is 9.48. The normalized spacial score (nSPS) is 31.8. The number of benzene rings is 1. The second-order valence-electron chi connectivity index (χ2n) is 9.60. The summed E-state index contributed by atoms with van der Waals surface area (Å²) in [6.45, 7) is 2.21. The van der Waals surface area contributed by atoms with Crippen LogP contribution in [-0.4, -0.2) is 21.9 Å². The van der Waals surface area contributed by atoms with Gasteiger partial charge in [0.15, 0.2) is 0 Å². The van der Waals surface area contributed by atoms with Gasteiger partial charge in [-0.25, -0.2) is 4.98 Å². The van der Waals surface area contributed by atoms with E-state index in [1.807, 2.05) is 18.2 Å². The first kappa shape index (κ1) is 17.9. The Morgan fingerprint density at radius 3 is 2.50 bits per heavy atom. The predicted molar refractivity (Wildman–Crippen MR) is 109 cm³/mol. The van der Waals surface area contributed by atoms with E-state index in [1.165, 1.54) is 38.5 Å². The number of para-hydroxylation sites is 1. The summed E-state index contributed by atoms with van der Waals surface area (Å²) in [4.78, 5) is 32.1. The zero-order valence-electron chi connectivity index (χ0n) is 16.5. The van der Waals surface area contributed by atoms with E-state index in [-0.39, 0.29) is 17.5 Å². The maximum atomic E-state index is 12.6. The molecule has 5 heteroatoms. The lowest BCUT2D eigenvalue weighted by Crippen LogP contribution is -2.55. The summed E-state index contributed by atoms with van der Waals surface area (Å²) in [5.74, 6) is 3.31. The third kappa shape index (κ3) is 3.15. The van der Waals surface area contributed by atoms with Crippen LogP contribution in [0.3, 0.4) is 0 Å². The Morgan fingerprint density at radius 1 is 1.18 bits per heavy atom. The number of rotatable bonds is 5. The van der Waals surface area contributed by atoms with Gasteiger partial charge in [-0.2, -0.15) is 0 Å². The van der Waals surface area contributed by atoms with Crippen molar-refractivity contribution in [1.29, 1.82) is 0 Å². The van der Waals surface area contributed by atoms with Crippen LogP contribution in [0.15, 0.2) is 29.1 Å². The summed E-state index contributed by atoms with van der Waals surface area (Å²) >= 11 is 0. The molecule has 6 rings (SSSR count). The number of hydrogen-bond donors (Lipinski definition) is 2. The van der Waals surface area contributed by atoms with Crippen molar-refractivity contribution in [3.8, 4) is 0 Å². The van der Waals surface area contributed by atoms with Gasteiger partial charge >= 0.3 is 0 Å². The molecule has 4 saturated carbocycles. The molecule has 4 aliphatic carbocycles. The molecule has 5 nitrogen and oxygen atoms in total. The van der Waals surface area contributed by atoms with Crippen LogP contribution in [0.5, 0.6) is 0 Å². The van der Waals surface area contributed by atoms with Gasteiger partial charge in [-0.1, -0.05) is 12.1 Å². The molecule has 2 aromatic rings. The van der Waals surface area contributed by atoms with Gasteiger partial charge < -0.3 is 10.3 Å². The van der Waals surface area contributed by atoms with E-state index in [1.54, 1.807) is 6.07 Å². The average molecular weight is 380 g/mol. The molecule has 28 heavy (non-hydrogen) atoms. The van der Waals surface area contributed by atoms with E-state index in [2.05, 4.69) is 22.2 Å². The van der Waals surface area contributed by atoms with Gasteiger partial charge in [0.1, 0.15) is 5.82 Å². The van der Waals surface area contributed by atoms with Gasteiger partial charge in [0.2, 0.25) is 5.91 Å². The summed E-state index contributed by atoms with van der Waals surface area (Å²) in [5, 5.41) is 3.89. The summed E-state index contributed by atoms with van der Waals surface area (Å²) < 4.78 is 0. The molecule has 1 amide bonds. The number of fused-ring (bicyclic) bond motifs is 1. The number of carbonyl (C=O) groups is 1. The summed E-state index contributed by atoms with van der Waals surface area (Å²) in [6, 6.07) is 7.54. The van der Waals surface area contributed by atoms with Gasteiger partial charge in [-0.15, -0.1) is 0 Å². The van der Waals surface area contributed by atoms with Crippen molar-refractivity contribution in [2.45, 2.75) is 64.3 Å². The lowest BCUT2D eigenvalue weighted by Gasteiger charge is -2.59. The zero-order chi connectivity index (χ0) is 19.3. The molecular weight excluding hydrogens is 350 g/mol. The molecule has 0 radical (unpaired) electrons. The van der Waals surface area contributed by atoms with Crippen LogP contribution < -0.4 is 10.9 Å². The molecular formula is C23H29N3O2. The fourth-order valence-corrected chi connectivity index (χ4v) is 6.66. The molecule has 4 aliphatic rings. The van der Waals surface area contributed by atoms with E-state index >= 15 is 0 Å². The van der Waals surface area contributed by atoms with Crippen molar-refractivity contribution in [3.05, 3.63) is 40.4 Å². The minimum Gasteiger partial charge on any atom is -0.353 e. The number of nitrogens with one attached hydrogen (secondary N) is 2. The Balaban J connectivity index is 1.23. The van der Waals surface area contributed by atoms with Crippen LogP contribution in [0.25, 0.3) is 10.9 Å². The molecule has 0 unspecified atom stereocenters. The van der Waals surface area contributed by atoms with Crippen LogP contribution in [0.2, 0.25) is 0 Å². The fourth-order valence-electron chi connectivity index (χ4n) is 6.66. The molecule has 1 heterocycles. The lowest BCUT2D eigenvalue weighted by molar-refractivity contribution is -0.125. The van der Waals surface area contributed by atoms with Crippen molar-refractivity contribution in [2.24, 2.45) is 23.2 Å². The smallest absolute Gasteiger partial charge is 0.258 e. The standard InChI is InChI=1S/C23H29N3O2/c1-14(23-11-15-8-16(12-23)10-17(9-15)13-23)24-21(27)7-6-20-25-19-5-3-2-4-18(19)22(28)26-20/h2-5,14-17H,6-13H2,1H3,(H,24,27)(H,25,26,28)/t14-,15?,16?,17?,23?/m0/s1. The van der Waals surface area contributed by atoms with Crippen molar-refractivity contribution in [2.75, 3.05) is 0 Å². The third-order valence-corrected chi connectivity index (χ3v) is 7.63. The highest BCUT2D eigenvalue weighted by Crippen LogP contribution is 2.61. The molecule has 4 fully saturated rings. The number of aromatic amines is 1. The van der Waals surface area contributed by atoms with E-state index in [4.69, 9.17) is 0 Å². The number of carbonyl (C=O) groups excluding carboxylic acids is 1. The summed E-state index contributed by atoms with van der Waals surface area (Å²) in [7, 11) is 0. The Labute approximate surface area is 165 Å². The van der Waals surface area contributed by atoms with E-state index in [0.29, 0.717) is 35.0 Å². The Hall–Kier alpha value is -2.17. The molecule has 0 spiro atoms. The Morgan fingerprint density at radius 2 is 1.82 bits per heavy atom. The van der Waals surface area contributed by atoms with Gasteiger partial charge in [0.25, 0.3) is 5.56 Å². The minimum atomic E-state index is -0.136. The maximum absolute atomic E-state index is 12.6. The summed E-state index contributed by atoms with van der Waals surface area (Å²) in [6.07, 6.45) is 8.94. The van der Waals surface area contributed by atoms with Crippen LogP contribution in [0.4, 0.5) is 0 Å². The molecule has 0 aliphatic heterocycles. The monoisotopic (exact) mass is 379 g/mol. The Bertz CT molecular complexity index is 928. The number of hydrogen-bond acceptors (Lipinski definition) is 3. The number of aryl methyl sites for hydroxylation is 1. The van der Waals surface area contributed by atoms with E-state index < -0.39 is 0 Å². The number of nitrogens with zero attached hydrogens (tertiary/aromatic N) is 1. The fraction of sp³-hybridized carbons (Fsp3) is 0.609. The predicted octanol–water partition coefficient (Wildman–Crippen LogP) is 3.58. The largest absolute Gasteiger partial charge is 0.353 e. The first-order valence-electron chi connectivity index (χ1n) is 10.8. The molecule has 148 valence electrons. The molecule has 1 aromatic heterocycles. The molecule has 4 bridgehead atoms. The van der Waals surface area contributed by atoms with Gasteiger partial charge in [0, 0.05) is 18.9 Å². The second kappa shape index (κ2) is 6.71. The maximum Gasteiger partial charge on any atom is 0.258 e. The van der Waals surface area contributed by atoms with Crippen molar-refractivity contribution in [3.63, 3.8) is 0 Å². The molecule has 1 aromatic carbocycles. The highest BCUT2D eigenvalue weighted by atomic mass is 16.1. The van der Waals surface area contributed by atoms with Crippen molar-refractivity contribution in [1.82, 2.24) is 15.3 Å². The number of aromatic nitrogens is 2. The number of amides is 1. The van der Waals surface area contributed by atoms with Crippen LogP contribution in [0.1, 0.15) is 57.7 Å². The van der Waals surface area contributed by atoms with Crippen molar-refractivity contribution >= 4 is 16.8 Å². The molecule has 2 N–H and O–H groups in total. The van der Waals surface area contributed by atoms with Crippen LogP contribution in [0, 0.1) is 23.2 Å². The molecule has 0 saturated heterocycles. The van der Waals surface area contributed by atoms with Crippen LogP contribution >= 0.6 is 0 Å². The zero-order valence-corrected chi connectivity index (χ0v) is 16.5. The van der Waals surface area contributed by atoms with E-state index in [9.17, 15) is 9.59 Å². The minimum absolute atomic E-state index is 0.0686. The first-order valence-corrected chi connectivity index (χ1v) is 10.8. The average Bonchev–Trinajstić information content (AvgIpc) is 2.65. The second-order valence-corrected chi connectivity index (χ2v) is 9.60. The molecule has 1 atom stereocenters. The SMILES string of the molecule is C[C@H](NC(=O)CCc1nc2ccccc2c(=O)[nH]1)C12CC3CC(CC(C3)C1)C2. The summed E-state index contributed by atoms with van der Waals surface area (Å²) in [5.41, 5.74) is 0.867. The van der Waals surface area contributed by atoms with Gasteiger partial charge in [-0.3, -0.25) is 9.59 Å². The highest BCUT2D eigenvalue weighted by molar-refractivity contribution is 5.78. The van der Waals surface area contributed by atoms with Gasteiger partial charge in [-0.05, 0) is 80.8 Å². The van der Waals surface area contributed by atoms with Crippen molar-refractivity contribution < 1.29 is 4.79 Å². The third-order valence-electron chi connectivity index (χ3n) is 7.63. The Kier molecular flexibility index (Phi) is 4.29. The van der Waals surface area contributed by atoms with Gasteiger partial charge in [0.05, 0.1) is 10.9 Å². The van der Waals surface area contributed by atoms with Crippen LogP contribution in [-0.2, 0) is 11.2 Å². The first-order chi connectivity index (χ1) is 13.5. The topological polar surface area (TPSA) is 74.8 Å². The number of H-pyrrole nitrogens is 1. The highest BCUT2D eigenvalue weighted by Gasteiger charge is 2.53. The van der Waals surface area contributed by atoms with E-state index in [0.717, 1.165) is 17.8 Å².